The maximum absolute atomic E-state index is 14.4. The number of benzene rings is 3. The summed E-state index contributed by atoms with van der Waals surface area (Å²) in [6, 6.07) is 18.9. The van der Waals surface area contributed by atoms with E-state index >= 15 is 0 Å². The molecule has 3 aromatic heterocycles. The first-order valence-corrected chi connectivity index (χ1v) is 14.8. The van der Waals surface area contributed by atoms with Gasteiger partial charge in [-0.05, 0) is 37.3 Å². The van der Waals surface area contributed by atoms with Gasteiger partial charge in [-0.25, -0.2) is 22.8 Å². The fourth-order valence-electron chi connectivity index (χ4n) is 4.90. The van der Waals surface area contributed by atoms with Gasteiger partial charge in [-0.3, -0.25) is 9.10 Å². The molecule has 3 aromatic carbocycles. The molecule has 0 bridgehead atoms. The minimum atomic E-state index is -3.71. The Labute approximate surface area is 241 Å². The number of fused-ring (bicyclic) bond motifs is 2. The van der Waals surface area contributed by atoms with Crippen molar-refractivity contribution in [3.8, 4) is 34.1 Å². The summed E-state index contributed by atoms with van der Waals surface area (Å²) in [4.78, 5) is 25.5. The first-order chi connectivity index (χ1) is 20.0. The topological polar surface area (TPSA) is 121 Å². The number of sulfonamides is 1. The Hall–Kier alpha value is -5.03. The van der Waals surface area contributed by atoms with Crippen LogP contribution in [0.3, 0.4) is 0 Å². The van der Waals surface area contributed by atoms with E-state index in [1.54, 1.807) is 42.6 Å². The van der Waals surface area contributed by atoms with E-state index in [9.17, 15) is 17.6 Å². The second kappa shape index (κ2) is 10.1. The average Bonchev–Trinajstić information content (AvgIpc) is 3.58. The number of nitrogens with one attached hydrogen (secondary N) is 2. The van der Waals surface area contributed by atoms with Gasteiger partial charge in [0.2, 0.25) is 10.0 Å². The van der Waals surface area contributed by atoms with Crippen molar-refractivity contribution in [2.75, 3.05) is 24.7 Å². The molecule has 0 aliphatic carbocycles. The zero-order chi connectivity index (χ0) is 29.8. The Morgan fingerprint density at radius 1 is 1.05 bits per heavy atom. The summed E-state index contributed by atoms with van der Waals surface area (Å²) < 4.78 is 47.1. The van der Waals surface area contributed by atoms with Crippen LogP contribution in [0.4, 0.5) is 10.1 Å². The molecule has 0 aliphatic heterocycles. The minimum absolute atomic E-state index is 0.208. The number of amides is 1. The standard InChI is InChI=1S/C31H26FN5O4S/c1-17-8-10-18(11-9-17)29-28(31(38)33-2)21-14-20(26(16-27(21)41-29)37(3)42(4,39)40)30-34-13-12-24(36-30)25-15-19-22(32)6-5-7-23(19)35-25/h5-16,35H,1-4H3,(H,33,38). The Balaban J connectivity index is 1.60. The maximum Gasteiger partial charge on any atom is 0.255 e. The van der Waals surface area contributed by atoms with Crippen LogP contribution in [0.25, 0.3) is 56.0 Å². The highest BCUT2D eigenvalue weighted by molar-refractivity contribution is 7.92. The summed E-state index contributed by atoms with van der Waals surface area (Å²) in [5.74, 6) is -0.170. The van der Waals surface area contributed by atoms with Gasteiger partial charge in [0.15, 0.2) is 5.82 Å². The number of H-pyrrole nitrogens is 1. The van der Waals surface area contributed by atoms with Crippen molar-refractivity contribution in [2.45, 2.75) is 6.92 Å². The lowest BCUT2D eigenvalue weighted by atomic mass is 10.0. The SMILES string of the molecule is CNC(=O)c1c(-c2ccc(C)cc2)oc2cc(N(C)S(C)(=O)=O)c(-c3nccc(-c4cc5c(F)cccc5[nH]4)n3)cc12. The van der Waals surface area contributed by atoms with Gasteiger partial charge in [-0.15, -0.1) is 0 Å². The quantitative estimate of drug-likeness (QED) is 0.252. The van der Waals surface area contributed by atoms with Crippen LogP contribution in [0.15, 0.2) is 77.3 Å². The molecule has 11 heteroatoms. The third kappa shape index (κ3) is 4.67. The lowest BCUT2D eigenvalue weighted by Gasteiger charge is -2.20. The first kappa shape index (κ1) is 27.2. The number of aromatic amines is 1. The van der Waals surface area contributed by atoms with Crippen LogP contribution >= 0.6 is 0 Å². The lowest BCUT2D eigenvalue weighted by molar-refractivity contribution is 0.0964. The Morgan fingerprint density at radius 3 is 2.50 bits per heavy atom. The minimum Gasteiger partial charge on any atom is -0.455 e. The molecule has 3 heterocycles. The number of aromatic nitrogens is 3. The first-order valence-electron chi connectivity index (χ1n) is 13.0. The molecule has 9 nitrogen and oxygen atoms in total. The van der Waals surface area contributed by atoms with E-state index in [1.807, 2.05) is 31.2 Å². The number of anilines is 1. The number of carbonyl (C=O) groups excluding carboxylic acids is 1. The predicted molar refractivity (Wildman–Crippen MR) is 161 cm³/mol. The summed E-state index contributed by atoms with van der Waals surface area (Å²) in [5, 5.41) is 3.56. The molecule has 0 unspecified atom stereocenters. The van der Waals surface area contributed by atoms with Crippen molar-refractivity contribution < 1.29 is 22.0 Å². The molecule has 42 heavy (non-hydrogen) atoms. The van der Waals surface area contributed by atoms with Gasteiger partial charge in [0, 0.05) is 53.8 Å². The van der Waals surface area contributed by atoms with Crippen LogP contribution in [-0.4, -0.2) is 49.6 Å². The number of hydrogen-bond donors (Lipinski definition) is 2. The van der Waals surface area contributed by atoms with Gasteiger partial charge < -0.3 is 14.7 Å². The second-order valence-electron chi connectivity index (χ2n) is 10.00. The van der Waals surface area contributed by atoms with E-state index in [1.165, 1.54) is 20.2 Å². The van der Waals surface area contributed by atoms with Gasteiger partial charge >= 0.3 is 0 Å². The van der Waals surface area contributed by atoms with Gasteiger partial charge in [0.05, 0.1) is 28.9 Å². The molecule has 0 fully saturated rings. The zero-order valence-corrected chi connectivity index (χ0v) is 24.0. The summed E-state index contributed by atoms with van der Waals surface area (Å²) in [6.07, 6.45) is 2.63. The molecular formula is C31H26FN5O4S. The van der Waals surface area contributed by atoms with Crippen LogP contribution in [0, 0.1) is 12.7 Å². The van der Waals surface area contributed by atoms with Crippen LogP contribution < -0.4 is 9.62 Å². The van der Waals surface area contributed by atoms with E-state index in [2.05, 4.69) is 15.3 Å². The number of carbonyl (C=O) groups is 1. The van der Waals surface area contributed by atoms with Gasteiger partial charge in [-0.2, -0.15) is 0 Å². The normalized spacial score (nSPS) is 11.7. The molecule has 6 aromatic rings. The number of rotatable bonds is 6. The highest BCUT2D eigenvalue weighted by Gasteiger charge is 2.27. The second-order valence-corrected chi connectivity index (χ2v) is 12.0. The summed E-state index contributed by atoms with van der Waals surface area (Å²) in [5.41, 5.74) is 4.63. The third-order valence-corrected chi connectivity index (χ3v) is 8.39. The molecule has 1 amide bonds. The fraction of sp³-hybridized carbons (Fsp3) is 0.129. The van der Waals surface area contributed by atoms with Crippen molar-refractivity contribution in [1.82, 2.24) is 20.3 Å². The summed E-state index contributed by atoms with van der Waals surface area (Å²) >= 11 is 0. The number of halogens is 1. The zero-order valence-electron chi connectivity index (χ0n) is 23.2. The molecule has 0 spiro atoms. The highest BCUT2D eigenvalue weighted by Crippen LogP contribution is 2.41. The van der Waals surface area contributed by atoms with E-state index in [-0.39, 0.29) is 23.2 Å². The molecule has 0 saturated heterocycles. The van der Waals surface area contributed by atoms with Gasteiger partial charge in [0.25, 0.3) is 5.91 Å². The van der Waals surface area contributed by atoms with Crippen molar-refractivity contribution in [3.63, 3.8) is 0 Å². The largest absolute Gasteiger partial charge is 0.455 e. The van der Waals surface area contributed by atoms with E-state index < -0.39 is 10.0 Å². The van der Waals surface area contributed by atoms with Crippen molar-refractivity contribution in [2.24, 2.45) is 0 Å². The lowest BCUT2D eigenvalue weighted by Crippen LogP contribution is -2.25. The molecule has 6 rings (SSSR count). The van der Waals surface area contributed by atoms with Crippen molar-refractivity contribution in [3.05, 3.63) is 89.9 Å². The number of furan rings is 1. The summed E-state index contributed by atoms with van der Waals surface area (Å²) in [6.45, 7) is 1.96. The molecule has 0 atom stereocenters. The van der Waals surface area contributed by atoms with E-state index in [0.29, 0.717) is 55.7 Å². The molecule has 0 aliphatic rings. The highest BCUT2D eigenvalue weighted by atomic mass is 32.2. The number of nitrogens with zero attached hydrogens (tertiary/aromatic N) is 3. The van der Waals surface area contributed by atoms with E-state index in [4.69, 9.17) is 9.40 Å². The van der Waals surface area contributed by atoms with Crippen molar-refractivity contribution >= 4 is 43.5 Å². The smallest absolute Gasteiger partial charge is 0.255 e. The van der Waals surface area contributed by atoms with Crippen LogP contribution in [0.1, 0.15) is 15.9 Å². The third-order valence-electron chi connectivity index (χ3n) is 7.19. The van der Waals surface area contributed by atoms with Crippen LogP contribution in [0.2, 0.25) is 0 Å². The van der Waals surface area contributed by atoms with E-state index in [0.717, 1.165) is 16.1 Å². The summed E-state index contributed by atoms with van der Waals surface area (Å²) in [7, 11) is -0.757. The van der Waals surface area contributed by atoms with Gasteiger partial charge in [-0.1, -0.05) is 35.9 Å². The predicted octanol–water partition coefficient (Wildman–Crippen LogP) is 5.91. The monoisotopic (exact) mass is 583 g/mol. The number of hydrogen-bond acceptors (Lipinski definition) is 6. The average molecular weight is 584 g/mol. The Morgan fingerprint density at radius 2 is 1.81 bits per heavy atom. The molecular weight excluding hydrogens is 557 g/mol. The molecule has 212 valence electrons. The van der Waals surface area contributed by atoms with Gasteiger partial charge in [0.1, 0.15) is 17.2 Å². The number of aryl methyl sites for hydroxylation is 1. The molecule has 0 radical (unpaired) electrons. The van der Waals surface area contributed by atoms with Crippen LogP contribution in [-0.2, 0) is 10.0 Å². The Bertz CT molecular complexity index is 2120. The maximum atomic E-state index is 14.4. The van der Waals surface area contributed by atoms with Crippen molar-refractivity contribution in [1.29, 1.82) is 0 Å². The Kier molecular flexibility index (Phi) is 6.53. The fourth-order valence-corrected chi connectivity index (χ4v) is 5.41. The molecule has 0 saturated carbocycles. The molecule has 2 N–H and O–H groups in total. The van der Waals surface area contributed by atoms with Crippen LogP contribution in [0.5, 0.6) is 0 Å².